The van der Waals surface area contributed by atoms with Gasteiger partial charge in [-0.05, 0) is 31.0 Å². The molecule has 0 aliphatic heterocycles. The van der Waals surface area contributed by atoms with Gasteiger partial charge in [-0.3, -0.25) is 0 Å². The smallest absolute Gasteiger partial charge is 0.242 e. The molecule has 1 heterocycles. The van der Waals surface area contributed by atoms with Gasteiger partial charge in [0.15, 0.2) is 0 Å². The molecule has 1 unspecified atom stereocenters. The van der Waals surface area contributed by atoms with Crippen molar-refractivity contribution >= 4 is 21.6 Å². The van der Waals surface area contributed by atoms with Gasteiger partial charge in [-0.2, -0.15) is 0 Å². The van der Waals surface area contributed by atoms with Crippen LogP contribution in [0, 0.1) is 6.92 Å². The summed E-state index contributed by atoms with van der Waals surface area (Å²) in [7, 11) is -3.69. The summed E-state index contributed by atoms with van der Waals surface area (Å²) in [5.74, 6) is 0.583. The number of aryl methyl sites for hydroxylation is 1. The number of H-pyrrole nitrogens is 1. The van der Waals surface area contributed by atoms with Gasteiger partial charge < -0.3 is 4.98 Å². The van der Waals surface area contributed by atoms with Crippen LogP contribution in [0.2, 0.25) is 5.02 Å². The van der Waals surface area contributed by atoms with Gasteiger partial charge in [0.1, 0.15) is 10.7 Å². The molecule has 0 aliphatic carbocycles. The second-order valence-electron chi connectivity index (χ2n) is 4.49. The van der Waals surface area contributed by atoms with Crippen molar-refractivity contribution < 1.29 is 8.42 Å². The predicted octanol–water partition coefficient (Wildman–Crippen LogP) is 2.80. The van der Waals surface area contributed by atoms with Crippen molar-refractivity contribution in [3.63, 3.8) is 0 Å². The minimum atomic E-state index is -3.69. The fraction of sp³-hybridized carbons (Fsp3) is 0.308. The molecule has 0 bridgehead atoms. The highest BCUT2D eigenvalue weighted by Crippen LogP contribution is 2.24. The van der Waals surface area contributed by atoms with Gasteiger partial charge in [-0.15, -0.1) is 0 Å². The number of aromatic nitrogens is 2. The summed E-state index contributed by atoms with van der Waals surface area (Å²) in [6.07, 6.45) is 3.83. The molecule has 0 amide bonds. The van der Waals surface area contributed by atoms with Gasteiger partial charge in [-0.1, -0.05) is 24.6 Å². The normalized spacial score (nSPS) is 13.3. The monoisotopic (exact) mass is 313 g/mol. The van der Waals surface area contributed by atoms with Crippen LogP contribution in [0.15, 0.2) is 35.5 Å². The highest BCUT2D eigenvalue weighted by Gasteiger charge is 2.23. The van der Waals surface area contributed by atoms with Crippen LogP contribution >= 0.6 is 11.6 Å². The van der Waals surface area contributed by atoms with E-state index in [1.54, 1.807) is 24.5 Å². The zero-order valence-electron chi connectivity index (χ0n) is 11.2. The summed E-state index contributed by atoms with van der Waals surface area (Å²) < 4.78 is 27.4. The van der Waals surface area contributed by atoms with Crippen LogP contribution in [0.5, 0.6) is 0 Å². The Morgan fingerprint density at radius 2 is 2.20 bits per heavy atom. The average molecular weight is 314 g/mol. The number of sulfonamides is 1. The number of rotatable bonds is 5. The first-order chi connectivity index (χ1) is 9.44. The molecular formula is C13H16ClN3O2S. The summed E-state index contributed by atoms with van der Waals surface area (Å²) in [6.45, 7) is 3.74. The average Bonchev–Trinajstić information content (AvgIpc) is 2.89. The van der Waals surface area contributed by atoms with Crippen LogP contribution in [0.25, 0.3) is 0 Å². The summed E-state index contributed by atoms with van der Waals surface area (Å²) in [5.41, 5.74) is 0.909. The number of halogens is 1. The van der Waals surface area contributed by atoms with E-state index in [2.05, 4.69) is 14.7 Å². The molecule has 0 fully saturated rings. The van der Waals surface area contributed by atoms with Crippen LogP contribution in [-0.4, -0.2) is 18.4 Å². The molecular weight excluding hydrogens is 298 g/mol. The van der Waals surface area contributed by atoms with E-state index in [9.17, 15) is 8.42 Å². The maximum atomic E-state index is 12.4. The zero-order valence-corrected chi connectivity index (χ0v) is 12.8. The number of imidazole rings is 1. The van der Waals surface area contributed by atoms with Gasteiger partial charge in [-0.25, -0.2) is 18.1 Å². The molecule has 0 saturated carbocycles. The number of hydrogen-bond donors (Lipinski definition) is 2. The van der Waals surface area contributed by atoms with E-state index < -0.39 is 16.1 Å². The number of aromatic amines is 1. The van der Waals surface area contributed by atoms with E-state index in [-0.39, 0.29) is 9.92 Å². The Bertz CT molecular complexity index is 684. The Hall–Kier alpha value is -1.37. The summed E-state index contributed by atoms with van der Waals surface area (Å²) in [5, 5.41) is 0.215. The molecule has 0 saturated heterocycles. The maximum Gasteiger partial charge on any atom is 0.242 e. The molecule has 2 aromatic rings. The summed E-state index contributed by atoms with van der Waals surface area (Å²) in [6, 6.07) is 4.44. The standard InChI is InChI=1S/C13H16ClN3O2S/c1-3-11(13-15-6-7-16-13)17-20(18,19)12-5-4-9(2)8-10(12)14/h4-8,11,17H,3H2,1-2H3,(H,15,16). The quantitative estimate of drug-likeness (QED) is 0.891. The maximum absolute atomic E-state index is 12.4. The molecule has 1 aromatic heterocycles. The van der Waals surface area contributed by atoms with Crippen LogP contribution in [0.3, 0.4) is 0 Å². The van der Waals surface area contributed by atoms with Crippen LogP contribution in [0.4, 0.5) is 0 Å². The van der Waals surface area contributed by atoms with Gasteiger partial charge in [0.25, 0.3) is 0 Å². The summed E-state index contributed by atoms with van der Waals surface area (Å²) in [4.78, 5) is 7.08. The Morgan fingerprint density at radius 3 is 2.75 bits per heavy atom. The molecule has 5 nitrogen and oxygen atoms in total. The lowest BCUT2D eigenvalue weighted by Gasteiger charge is -2.15. The van der Waals surface area contributed by atoms with Crippen molar-refractivity contribution in [1.82, 2.24) is 14.7 Å². The molecule has 1 atom stereocenters. The number of hydrogen-bond acceptors (Lipinski definition) is 3. The fourth-order valence-corrected chi connectivity index (χ4v) is 3.76. The number of nitrogens with one attached hydrogen (secondary N) is 2. The van der Waals surface area contributed by atoms with E-state index in [1.165, 1.54) is 6.07 Å². The van der Waals surface area contributed by atoms with Gasteiger partial charge in [0.2, 0.25) is 10.0 Å². The van der Waals surface area contributed by atoms with Crippen molar-refractivity contribution in [2.24, 2.45) is 0 Å². The predicted molar refractivity (Wildman–Crippen MR) is 78.1 cm³/mol. The SMILES string of the molecule is CCC(NS(=O)(=O)c1ccc(C)cc1Cl)c1ncc[nH]1. The first-order valence-electron chi connectivity index (χ1n) is 6.22. The van der Waals surface area contributed by atoms with Gasteiger partial charge in [0, 0.05) is 12.4 Å². The molecule has 7 heteroatoms. The minimum Gasteiger partial charge on any atom is -0.347 e. The Kier molecular flexibility index (Phi) is 4.47. The van der Waals surface area contributed by atoms with Crippen molar-refractivity contribution in [3.05, 3.63) is 47.0 Å². The van der Waals surface area contributed by atoms with E-state index in [4.69, 9.17) is 11.6 Å². The van der Waals surface area contributed by atoms with Crippen LogP contribution < -0.4 is 4.72 Å². The second-order valence-corrected chi connectivity index (χ2v) is 6.58. The zero-order chi connectivity index (χ0) is 14.8. The van der Waals surface area contributed by atoms with E-state index in [0.29, 0.717) is 12.2 Å². The first kappa shape index (κ1) is 15.0. The second kappa shape index (κ2) is 5.95. The minimum absolute atomic E-state index is 0.0785. The molecule has 108 valence electrons. The molecule has 20 heavy (non-hydrogen) atoms. The highest BCUT2D eigenvalue weighted by atomic mass is 35.5. The topological polar surface area (TPSA) is 74.8 Å². The van der Waals surface area contributed by atoms with Crippen LogP contribution in [-0.2, 0) is 10.0 Å². The third-order valence-electron chi connectivity index (χ3n) is 2.93. The van der Waals surface area contributed by atoms with Gasteiger partial charge >= 0.3 is 0 Å². The van der Waals surface area contributed by atoms with Crippen molar-refractivity contribution in [1.29, 1.82) is 0 Å². The molecule has 0 aliphatic rings. The van der Waals surface area contributed by atoms with E-state index in [0.717, 1.165) is 5.56 Å². The Labute approximate surface area is 123 Å². The van der Waals surface area contributed by atoms with E-state index >= 15 is 0 Å². The van der Waals surface area contributed by atoms with Gasteiger partial charge in [0.05, 0.1) is 11.1 Å². The van der Waals surface area contributed by atoms with Crippen LogP contribution in [0.1, 0.15) is 30.8 Å². The Balaban J connectivity index is 2.31. The van der Waals surface area contributed by atoms with Crippen molar-refractivity contribution in [3.8, 4) is 0 Å². The Morgan fingerprint density at radius 1 is 1.45 bits per heavy atom. The lowest BCUT2D eigenvalue weighted by atomic mass is 10.2. The molecule has 0 spiro atoms. The fourth-order valence-electron chi connectivity index (χ4n) is 1.88. The van der Waals surface area contributed by atoms with E-state index in [1.807, 2.05) is 13.8 Å². The van der Waals surface area contributed by atoms with Crippen molar-refractivity contribution in [2.45, 2.75) is 31.2 Å². The largest absolute Gasteiger partial charge is 0.347 e. The number of nitrogens with zero attached hydrogens (tertiary/aromatic N) is 1. The molecule has 1 aromatic carbocycles. The highest BCUT2D eigenvalue weighted by molar-refractivity contribution is 7.89. The molecule has 2 N–H and O–H groups in total. The molecule has 2 rings (SSSR count). The lowest BCUT2D eigenvalue weighted by molar-refractivity contribution is 0.539. The third kappa shape index (κ3) is 3.20. The first-order valence-corrected chi connectivity index (χ1v) is 8.08. The van der Waals surface area contributed by atoms with Crippen molar-refractivity contribution in [2.75, 3.05) is 0 Å². The number of benzene rings is 1. The lowest BCUT2D eigenvalue weighted by Crippen LogP contribution is -2.29. The summed E-state index contributed by atoms with van der Waals surface area (Å²) >= 11 is 6.02. The third-order valence-corrected chi connectivity index (χ3v) is 4.89. The molecule has 0 radical (unpaired) electrons.